The third-order valence-electron chi connectivity index (χ3n) is 1.86. The lowest BCUT2D eigenvalue weighted by atomic mass is 10.1. The van der Waals surface area contributed by atoms with Crippen LogP contribution in [-0.2, 0) is 0 Å². The third-order valence-corrected chi connectivity index (χ3v) is 3.02. The number of hydrazine groups is 1. The van der Waals surface area contributed by atoms with Gasteiger partial charge in [-0.1, -0.05) is 0 Å². The van der Waals surface area contributed by atoms with E-state index in [1.54, 1.807) is 0 Å². The lowest BCUT2D eigenvalue weighted by Crippen LogP contribution is -2.37. The Bertz CT molecular complexity index is 162. The minimum absolute atomic E-state index is 0.335. The molecule has 1 atom stereocenters. The summed E-state index contributed by atoms with van der Waals surface area (Å²) in [5, 5.41) is 0. The van der Waals surface area contributed by atoms with Crippen LogP contribution in [0.3, 0.4) is 0 Å². The second-order valence-corrected chi connectivity index (χ2v) is 4.46. The van der Waals surface area contributed by atoms with Gasteiger partial charge >= 0.3 is 0 Å². The number of nitrogens with one attached hydrogen (secondary N) is 1. The van der Waals surface area contributed by atoms with Crippen LogP contribution in [-0.4, -0.2) is 23.4 Å². The van der Waals surface area contributed by atoms with E-state index in [0.29, 0.717) is 12.0 Å². The van der Waals surface area contributed by atoms with Crippen molar-refractivity contribution < 1.29 is 0 Å². The van der Waals surface area contributed by atoms with Gasteiger partial charge in [-0.05, 0) is 26.0 Å². The number of thioether (sulfide) groups is 1. The zero-order valence-electron chi connectivity index (χ0n) is 7.71. The van der Waals surface area contributed by atoms with Crippen molar-refractivity contribution in [3.8, 4) is 0 Å². The van der Waals surface area contributed by atoms with E-state index in [-0.39, 0.29) is 0 Å². The van der Waals surface area contributed by atoms with Crippen LogP contribution in [0.5, 0.6) is 0 Å². The number of hydrogen-bond acceptors (Lipinski definition) is 3. The molecule has 0 saturated carbocycles. The van der Waals surface area contributed by atoms with Crippen molar-refractivity contribution in [2.75, 3.05) is 11.5 Å². The van der Waals surface area contributed by atoms with Gasteiger partial charge < -0.3 is 5.43 Å². The molecule has 1 heterocycles. The second-order valence-electron chi connectivity index (χ2n) is 3.31. The maximum Gasteiger partial charge on any atom is 0.115 e. The van der Waals surface area contributed by atoms with E-state index < -0.39 is 0 Å². The van der Waals surface area contributed by atoms with Gasteiger partial charge in [0.05, 0.1) is 0 Å². The first-order chi connectivity index (χ1) is 5.74. The van der Waals surface area contributed by atoms with Crippen molar-refractivity contribution in [1.82, 2.24) is 5.43 Å². The Morgan fingerprint density at radius 3 is 2.83 bits per heavy atom. The van der Waals surface area contributed by atoms with Crippen molar-refractivity contribution in [1.29, 1.82) is 0 Å². The van der Waals surface area contributed by atoms with Crippen LogP contribution in [0.4, 0.5) is 0 Å². The Hall–Kier alpha value is -0.220. The molecule has 70 valence electrons. The highest BCUT2D eigenvalue weighted by Gasteiger charge is 2.20. The summed E-state index contributed by atoms with van der Waals surface area (Å²) in [4.78, 5) is 4.44. The number of rotatable bonds is 2. The summed E-state index contributed by atoms with van der Waals surface area (Å²) in [6.45, 7) is 4.14. The van der Waals surface area contributed by atoms with E-state index in [2.05, 4.69) is 24.3 Å². The molecule has 0 aliphatic carbocycles. The van der Waals surface area contributed by atoms with Gasteiger partial charge in [-0.25, -0.2) is 5.84 Å². The monoisotopic (exact) mass is 187 g/mol. The predicted molar refractivity (Wildman–Crippen MR) is 55.3 cm³/mol. The minimum atomic E-state index is 0.335. The molecule has 1 unspecified atom stereocenters. The van der Waals surface area contributed by atoms with Crippen LogP contribution in [0.15, 0.2) is 4.99 Å². The van der Waals surface area contributed by atoms with E-state index in [1.165, 1.54) is 12.2 Å². The number of aliphatic imine (C=N–C) groups is 1. The van der Waals surface area contributed by atoms with Crippen LogP contribution >= 0.6 is 11.8 Å². The fraction of sp³-hybridized carbons (Fsp3) is 0.875. The van der Waals surface area contributed by atoms with Crippen molar-refractivity contribution in [3.63, 3.8) is 0 Å². The molecule has 12 heavy (non-hydrogen) atoms. The van der Waals surface area contributed by atoms with Gasteiger partial charge in [-0.2, -0.15) is 11.8 Å². The average molecular weight is 187 g/mol. The van der Waals surface area contributed by atoms with Gasteiger partial charge in [0.15, 0.2) is 0 Å². The molecule has 3 nitrogen and oxygen atoms in total. The summed E-state index contributed by atoms with van der Waals surface area (Å²) in [6.07, 6.45) is 1.21. The summed E-state index contributed by atoms with van der Waals surface area (Å²) < 4.78 is 0. The normalized spacial score (nSPS) is 25.0. The molecule has 4 heteroatoms. The molecular formula is C8H17N3S. The summed E-state index contributed by atoms with van der Waals surface area (Å²) in [5.41, 5.74) is 2.71. The van der Waals surface area contributed by atoms with Crippen molar-refractivity contribution in [2.24, 2.45) is 16.8 Å². The molecule has 0 amide bonds. The Balaban J connectivity index is 2.54. The van der Waals surface area contributed by atoms with Gasteiger partial charge in [0.1, 0.15) is 5.84 Å². The second kappa shape index (κ2) is 4.72. The molecule has 1 aliphatic rings. The molecule has 0 aromatic heterocycles. The van der Waals surface area contributed by atoms with Crippen molar-refractivity contribution in [2.45, 2.75) is 26.3 Å². The molecule has 0 bridgehead atoms. The van der Waals surface area contributed by atoms with Gasteiger partial charge in [-0.3, -0.25) is 4.99 Å². The quantitative estimate of drug-likeness (QED) is 0.293. The SMILES string of the molecule is CC(C)N=C(NN)C1CCSC1. The minimum Gasteiger partial charge on any atom is -0.312 e. The van der Waals surface area contributed by atoms with E-state index in [4.69, 9.17) is 5.84 Å². The molecule has 3 N–H and O–H groups in total. The molecule has 0 spiro atoms. The van der Waals surface area contributed by atoms with Crippen LogP contribution in [0.2, 0.25) is 0 Å². The van der Waals surface area contributed by atoms with Gasteiger partial charge in [0.2, 0.25) is 0 Å². The van der Waals surface area contributed by atoms with E-state index in [0.717, 1.165) is 11.6 Å². The zero-order valence-corrected chi connectivity index (χ0v) is 8.53. The maximum atomic E-state index is 5.41. The molecule has 1 saturated heterocycles. The van der Waals surface area contributed by atoms with E-state index >= 15 is 0 Å². The molecule has 0 aromatic carbocycles. The fourth-order valence-corrected chi connectivity index (χ4v) is 2.52. The van der Waals surface area contributed by atoms with E-state index in [9.17, 15) is 0 Å². The van der Waals surface area contributed by atoms with Crippen molar-refractivity contribution >= 4 is 17.6 Å². The first-order valence-corrected chi connectivity index (χ1v) is 5.51. The standard InChI is InChI=1S/C8H17N3S/c1-6(2)10-8(11-9)7-3-4-12-5-7/h6-7H,3-5,9H2,1-2H3,(H,10,11). The fourth-order valence-electron chi connectivity index (χ4n) is 1.29. The summed E-state index contributed by atoms with van der Waals surface area (Å²) in [7, 11) is 0. The smallest absolute Gasteiger partial charge is 0.115 e. The lowest BCUT2D eigenvalue weighted by molar-refractivity contribution is 0.717. The highest BCUT2D eigenvalue weighted by molar-refractivity contribution is 7.99. The Kier molecular flexibility index (Phi) is 3.88. The zero-order chi connectivity index (χ0) is 8.97. The Labute approximate surface area is 78.2 Å². The number of nitrogens with zero attached hydrogens (tertiary/aromatic N) is 1. The number of nitrogens with two attached hydrogens (primary N) is 1. The predicted octanol–water partition coefficient (Wildman–Crippen LogP) is 1.01. The van der Waals surface area contributed by atoms with Gasteiger partial charge in [0, 0.05) is 17.7 Å². The first kappa shape index (κ1) is 9.86. The first-order valence-electron chi connectivity index (χ1n) is 4.36. The van der Waals surface area contributed by atoms with Crippen LogP contribution in [0, 0.1) is 5.92 Å². The van der Waals surface area contributed by atoms with Crippen LogP contribution in [0.25, 0.3) is 0 Å². The highest BCUT2D eigenvalue weighted by Crippen LogP contribution is 2.23. The summed E-state index contributed by atoms with van der Waals surface area (Å²) in [6, 6.07) is 0.335. The number of amidine groups is 1. The van der Waals surface area contributed by atoms with Gasteiger partial charge in [-0.15, -0.1) is 0 Å². The Morgan fingerprint density at radius 2 is 2.42 bits per heavy atom. The molecule has 1 aliphatic heterocycles. The molecule has 0 aromatic rings. The molecule has 1 rings (SSSR count). The van der Waals surface area contributed by atoms with Crippen LogP contribution in [0.1, 0.15) is 20.3 Å². The highest BCUT2D eigenvalue weighted by atomic mass is 32.2. The third kappa shape index (κ3) is 2.68. The van der Waals surface area contributed by atoms with Gasteiger partial charge in [0.25, 0.3) is 0 Å². The van der Waals surface area contributed by atoms with Crippen LogP contribution < -0.4 is 11.3 Å². The summed E-state index contributed by atoms with van der Waals surface area (Å²) in [5.74, 6) is 9.35. The van der Waals surface area contributed by atoms with Crippen molar-refractivity contribution in [3.05, 3.63) is 0 Å². The topological polar surface area (TPSA) is 50.4 Å². The largest absolute Gasteiger partial charge is 0.312 e. The maximum absolute atomic E-state index is 5.41. The molecule has 1 fully saturated rings. The van der Waals surface area contributed by atoms with E-state index in [1.807, 2.05) is 11.8 Å². The number of hydrogen-bond donors (Lipinski definition) is 2. The molecular weight excluding hydrogens is 170 g/mol. The molecule has 0 radical (unpaired) electrons. The lowest BCUT2D eigenvalue weighted by Gasteiger charge is -2.12. The Morgan fingerprint density at radius 1 is 1.67 bits per heavy atom. The summed E-state index contributed by atoms with van der Waals surface area (Å²) >= 11 is 1.98. The average Bonchev–Trinajstić information content (AvgIpc) is 2.51.